The van der Waals surface area contributed by atoms with Crippen LogP contribution in [0.3, 0.4) is 0 Å². The van der Waals surface area contributed by atoms with E-state index in [1.165, 1.54) is 0 Å². The largest absolute Gasteiger partial charge is 0.393 e. The topological polar surface area (TPSA) is 57.6 Å². The molecule has 2 aliphatic rings. The monoisotopic (exact) mass is 295 g/mol. The second kappa shape index (κ2) is 5.13. The van der Waals surface area contributed by atoms with Crippen LogP contribution in [0.5, 0.6) is 0 Å². The van der Waals surface area contributed by atoms with Crippen molar-refractivity contribution in [2.45, 2.75) is 49.6 Å². The number of hydrogen-bond donors (Lipinski definition) is 1. The van der Waals surface area contributed by atoms with E-state index in [1.54, 1.807) is 16.4 Å². The third-order valence-corrected chi connectivity index (χ3v) is 6.52. The minimum Gasteiger partial charge on any atom is -0.393 e. The van der Waals surface area contributed by atoms with Gasteiger partial charge in [0.05, 0.1) is 11.0 Å². The van der Waals surface area contributed by atoms with Crippen molar-refractivity contribution in [1.29, 1.82) is 0 Å². The molecule has 0 bridgehead atoms. The van der Waals surface area contributed by atoms with Gasteiger partial charge < -0.3 is 5.11 Å². The van der Waals surface area contributed by atoms with E-state index in [2.05, 4.69) is 0 Å². The Morgan fingerprint density at radius 2 is 1.90 bits per heavy atom. The Balaban J connectivity index is 1.92. The van der Waals surface area contributed by atoms with E-state index >= 15 is 0 Å². The van der Waals surface area contributed by atoms with Gasteiger partial charge in [-0.25, -0.2) is 8.42 Å². The van der Waals surface area contributed by atoms with Crippen LogP contribution in [0.15, 0.2) is 29.2 Å². The van der Waals surface area contributed by atoms with Crippen molar-refractivity contribution in [3.05, 3.63) is 29.8 Å². The summed E-state index contributed by atoms with van der Waals surface area (Å²) in [6, 6.07) is 7.00. The van der Waals surface area contributed by atoms with Gasteiger partial charge in [0.2, 0.25) is 10.0 Å². The fraction of sp³-hybridized carbons (Fsp3) is 0.600. The maximum Gasteiger partial charge on any atom is 0.243 e. The summed E-state index contributed by atoms with van der Waals surface area (Å²) in [4.78, 5) is 0.366. The molecule has 0 radical (unpaired) electrons. The molecule has 0 amide bonds. The maximum atomic E-state index is 12.8. The van der Waals surface area contributed by atoms with Gasteiger partial charge >= 0.3 is 0 Å². The van der Waals surface area contributed by atoms with Gasteiger partial charge in [-0.3, -0.25) is 0 Å². The van der Waals surface area contributed by atoms with Crippen LogP contribution in [-0.4, -0.2) is 36.5 Å². The first-order valence-corrected chi connectivity index (χ1v) is 8.69. The summed E-state index contributed by atoms with van der Waals surface area (Å²) in [6.45, 7) is 2.52. The lowest BCUT2D eigenvalue weighted by Crippen LogP contribution is -2.46. The molecule has 1 aliphatic carbocycles. The van der Waals surface area contributed by atoms with Crippen LogP contribution in [-0.2, 0) is 10.0 Å². The number of hydrogen-bond acceptors (Lipinski definition) is 3. The highest BCUT2D eigenvalue weighted by Gasteiger charge is 2.44. The van der Waals surface area contributed by atoms with E-state index in [0.29, 0.717) is 23.8 Å². The van der Waals surface area contributed by atoms with Crippen molar-refractivity contribution in [3.63, 3.8) is 0 Å². The van der Waals surface area contributed by atoms with E-state index in [9.17, 15) is 13.5 Å². The molecule has 3 rings (SSSR count). The smallest absolute Gasteiger partial charge is 0.243 e. The fourth-order valence-electron chi connectivity index (χ4n) is 3.56. The van der Waals surface area contributed by atoms with Gasteiger partial charge in [0.15, 0.2) is 0 Å². The van der Waals surface area contributed by atoms with Crippen LogP contribution in [0.1, 0.15) is 31.2 Å². The summed E-state index contributed by atoms with van der Waals surface area (Å²) in [7, 11) is -3.43. The Hall–Kier alpha value is -0.910. The SMILES string of the molecule is Cc1ccc(S(=O)(=O)N2CCCC3CC(O)CC32)cc1. The summed E-state index contributed by atoms with van der Waals surface area (Å²) in [5, 5.41) is 9.83. The number of benzene rings is 1. The molecular weight excluding hydrogens is 274 g/mol. The molecule has 2 fully saturated rings. The third kappa shape index (κ3) is 2.38. The van der Waals surface area contributed by atoms with E-state index in [4.69, 9.17) is 0 Å². The predicted octanol–water partition coefficient (Wildman–Crippen LogP) is 1.92. The summed E-state index contributed by atoms with van der Waals surface area (Å²) in [5.74, 6) is 0.318. The molecule has 0 spiro atoms. The van der Waals surface area contributed by atoms with Gasteiger partial charge in [0.1, 0.15) is 0 Å². The number of fused-ring (bicyclic) bond motifs is 1. The standard InChI is InChI=1S/C15H21NO3S/c1-11-4-6-14(7-5-11)20(18,19)16-8-2-3-12-9-13(17)10-15(12)16/h4-7,12-13,15,17H,2-3,8-10H2,1H3. The van der Waals surface area contributed by atoms with E-state index in [0.717, 1.165) is 24.8 Å². The molecule has 3 atom stereocenters. The van der Waals surface area contributed by atoms with Gasteiger partial charge in [0, 0.05) is 12.6 Å². The van der Waals surface area contributed by atoms with Gasteiger partial charge in [-0.05, 0) is 50.7 Å². The summed E-state index contributed by atoms with van der Waals surface area (Å²) in [5.41, 5.74) is 1.05. The maximum absolute atomic E-state index is 12.8. The summed E-state index contributed by atoms with van der Waals surface area (Å²) < 4.78 is 27.2. The third-order valence-electron chi connectivity index (χ3n) is 4.58. The molecule has 5 heteroatoms. The Labute approximate surface area is 120 Å². The van der Waals surface area contributed by atoms with Gasteiger partial charge in [-0.15, -0.1) is 0 Å². The number of nitrogens with zero attached hydrogens (tertiary/aromatic N) is 1. The average molecular weight is 295 g/mol. The molecule has 0 aromatic heterocycles. The zero-order valence-corrected chi connectivity index (χ0v) is 12.5. The highest BCUT2D eigenvalue weighted by molar-refractivity contribution is 7.89. The van der Waals surface area contributed by atoms with Crippen LogP contribution in [0, 0.1) is 12.8 Å². The lowest BCUT2D eigenvalue weighted by molar-refractivity contribution is 0.173. The van der Waals surface area contributed by atoms with Gasteiger partial charge in [-0.2, -0.15) is 4.31 Å². The average Bonchev–Trinajstić information content (AvgIpc) is 2.78. The number of aliphatic hydroxyl groups excluding tert-OH is 1. The zero-order valence-electron chi connectivity index (χ0n) is 11.7. The number of aliphatic hydroxyl groups is 1. The first-order chi connectivity index (χ1) is 9.48. The lowest BCUT2D eigenvalue weighted by atomic mass is 9.94. The fourth-order valence-corrected chi connectivity index (χ4v) is 5.29. The summed E-state index contributed by atoms with van der Waals surface area (Å²) in [6.07, 6.45) is 2.89. The number of piperidine rings is 1. The molecule has 4 nitrogen and oxygen atoms in total. The van der Waals surface area contributed by atoms with Crippen LogP contribution < -0.4 is 0 Å². The molecule has 20 heavy (non-hydrogen) atoms. The normalized spacial score (nSPS) is 31.2. The molecule has 110 valence electrons. The molecule has 1 heterocycles. The molecule has 1 aromatic carbocycles. The van der Waals surface area contributed by atoms with Crippen LogP contribution in [0.4, 0.5) is 0 Å². The lowest BCUT2D eigenvalue weighted by Gasteiger charge is -2.36. The number of rotatable bonds is 2. The van der Waals surface area contributed by atoms with Crippen LogP contribution in [0.2, 0.25) is 0 Å². The minimum atomic E-state index is -3.43. The number of aryl methyl sites for hydroxylation is 1. The van der Waals surface area contributed by atoms with Crippen LogP contribution >= 0.6 is 0 Å². The van der Waals surface area contributed by atoms with Crippen molar-refractivity contribution in [2.75, 3.05) is 6.54 Å². The Morgan fingerprint density at radius 3 is 2.60 bits per heavy atom. The van der Waals surface area contributed by atoms with Crippen LogP contribution in [0.25, 0.3) is 0 Å². The quantitative estimate of drug-likeness (QED) is 0.907. The zero-order chi connectivity index (χ0) is 14.3. The highest BCUT2D eigenvalue weighted by atomic mass is 32.2. The van der Waals surface area contributed by atoms with E-state index < -0.39 is 10.0 Å². The molecule has 1 saturated heterocycles. The van der Waals surface area contributed by atoms with Gasteiger partial charge in [-0.1, -0.05) is 17.7 Å². The van der Waals surface area contributed by atoms with Gasteiger partial charge in [0.25, 0.3) is 0 Å². The Morgan fingerprint density at radius 1 is 1.20 bits per heavy atom. The van der Waals surface area contributed by atoms with Crippen molar-refractivity contribution < 1.29 is 13.5 Å². The highest BCUT2D eigenvalue weighted by Crippen LogP contribution is 2.39. The number of sulfonamides is 1. The first-order valence-electron chi connectivity index (χ1n) is 7.25. The van der Waals surface area contributed by atoms with Crippen molar-refractivity contribution in [3.8, 4) is 0 Å². The molecular formula is C15H21NO3S. The van der Waals surface area contributed by atoms with Crippen molar-refractivity contribution in [2.24, 2.45) is 5.92 Å². The molecule has 1 aliphatic heterocycles. The Kier molecular flexibility index (Phi) is 3.60. The molecule has 1 aromatic rings. The predicted molar refractivity (Wildman–Crippen MR) is 76.8 cm³/mol. The summed E-state index contributed by atoms with van der Waals surface area (Å²) >= 11 is 0. The molecule has 3 unspecified atom stereocenters. The molecule has 1 N–H and O–H groups in total. The van der Waals surface area contributed by atoms with Crippen molar-refractivity contribution in [1.82, 2.24) is 4.31 Å². The minimum absolute atomic E-state index is 0.0231. The second-order valence-electron chi connectivity index (χ2n) is 6.02. The first kappa shape index (κ1) is 14.0. The van der Waals surface area contributed by atoms with E-state index in [1.807, 2.05) is 19.1 Å². The Bertz CT molecular complexity index is 582. The van der Waals surface area contributed by atoms with Crippen molar-refractivity contribution >= 4 is 10.0 Å². The van der Waals surface area contributed by atoms with E-state index in [-0.39, 0.29) is 12.1 Å². The molecule has 1 saturated carbocycles. The second-order valence-corrected chi connectivity index (χ2v) is 7.91.